The van der Waals surface area contributed by atoms with Gasteiger partial charge < -0.3 is 5.11 Å². The first-order valence-corrected chi connectivity index (χ1v) is 7.36. The van der Waals surface area contributed by atoms with Crippen LogP contribution in [0.3, 0.4) is 0 Å². The van der Waals surface area contributed by atoms with E-state index in [0.29, 0.717) is 5.39 Å². The van der Waals surface area contributed by atoms with E-state index in [2.05, 4.69) is 11.6 Å². The Labute approximate surface area is 123 Å². The van der Waals surface area contributed by atoms with E-state index in [1.165, 1.54) is 0 Å². The van der Waals surface area contributed by atoms with Gasteiger partial charge in [-0.15, -0.1) is 0 Å². The summed E-state index contributed by atoms with van der Waals surface area (Å²) in [6.07, 6.45) is 5.42. The highest BCUT2D eigenvalue weighted by Gasteiger charge is 2.28. The molecule has 0 spiro atoms. The summed E-state index contributed by atoms with van der Waals surface area (Å²) in [5, 5.41) is 10.6. The second-order valence-electron chi connectivity index (χ2n) is 5.84. The number of rotatable bonds is 2. The van der Waals surface area contributed by atoms with E-state index in [9.17, 15) is 9.90 Å². The predicted octanol–water partition coefficient (Wildman–Crippen LogP) is 2.74. The summed E-state index contributed by atoms with van der Waals surface area (Å²) in [4.78, 5) is 17.2. The van der Waals surface area contributed by atoms with Crippen molar-refractivity contribution < 1.29 is 5.11 Å². The third kappa shape index (κ3) is 2.10. The summed E-state index contributed by atoms with van der Waals surface area (Å²) >= 11 is 0. The predicted molar refractivity (Wildman–Crippen MR) is 84.5 cm³/mol. The van der Waals surface area contributed by atoms with E-state index in [0.717, 1.165) is 41.5 Å². The molecule has 1 aromatic heterocycles. The van der Waals surface area contributed by atoms with Crippen molar-refractivity contribution in [1.29, 1.82) is 0 Å². The van der Waals surface area contributed by atoms with Crippen LogP contribution >= 0.6 is 0 Å². The van der Waals surface area contributed by atoms with Crippen LogP contribution in [-0.2, 0) is 0 Å². The van der Waals surface area contributed by atoms with E-state index < -0.39 is 6.10 Å². The van der Waals surface area contributed by atoms with Crippen LogP contribution in [0.2, 0.25) is 0 Å². The average molecular weight is 284 g/mol. The lowest BCUT2D eigenvalue weighted by molar-refractivity contribution is 0.134. The fraction of sp³-hybridized carbons (Fsp3) is 0.412. The second-order valence-corrected chi connectivity index (χ2v) is 5.84. The topological polar surface area (TPSA) is 55.1 Å². The van der Waals surface area contributed by atoms with Crippen LogP contribution in [0.1, 0.15) is 42.0 Å². The van der Waals surface area contributed by atoms with Gasteiger partial charge in [0.15, 0.2) is 0 Å². The molecule has 4 nitrogen and oxygen atoms in total. The lowest BCUT2D eigenvalue weighted by Gasteiger charge is -2.18. The maximum Gasteiger partial charge on any atom is 0.261 e. The number of hydrogen-bond acceptors (Lipinski definition) is 3. The molecule has 0 amide bonds. The standard InChI is InChI=1S/C17H20N2O2/c1-4-12-8-13-16(11(3)10(12)2)18-9-19(17(13)21)14-6-5-7-15(14)20/h4,8-9,14-15,20H,1,5-7H2,2-3H3/t14-,15-/m1/s1. The number of aromatic nitrogens is 2. The van der Waals surface area contributed by atoms with Crippen LogP contribution < -0.4 is 5.56 Å². The zero-order valence-electron chi connectivity index (χ0n) is 12.5. The molecule has 21 heavy (non-hydrogen) atoms. The fourth-order valence-electron chi connectivity index (χ4n) is 3.26. The number of benzene rings is 1. The van der Waals surface area contributed by atoms with Gasteiger partial charge in [-0.25, -0.2) is 4.98 Å². The first-order chi connectivity index (χ1) is 10.0. The summed E-state index contributed by atoms with van der Waals surface area (Å²) in [5.74, 6) is 0. The van der Waals surface area contributed by atoms with Gasteiger partial charge in [0.2, 0.25) is 0 Å². The van der Waals surface area contributed by atoms with Gasteiger partial charge in [-0.2, -0.15) is 0 Å². The van der Waals surface area contributed by atoms with E-state index in [1.54, 1.807) is 17.0 Å². The number of aryl methyl sites for hydroxylation is 1. The van der Waals surface area contributed by atoms with Gasteiger partial charge in [0.05, 0.1) is 29.4 Å². The highest BCUT2D eigenvalue weighted by Crippen LogP contribution is 2.29. The Bertz CT molecular complexity index is 776. The smallest absolute Gasteiger partial charge is 0.261 e. The van der Waals surface area contributed by atoms with Crippen LogP contribution in [-0.4, -0.2) is 20.8 Å². The highest BCUT2D eigenvalue weighted by molar-refractivity contribution is 5.85. The zero-order chi connectivity index (χ0) is 15.1. The Morgan fingerprint density at radius 3 is 2.76 bits per heavy atom. The number of fused-ring (bicyclic) bond motifs is 1. The summed E-state index contributed by atoms with van der Waals surface area (Å²) in [6, 6.07) is 1.71. The molecule has 2 aromatic rings. The quantitative estimate of drug-likeness (QED) is 0.922. The molecule has 110 valence electrons. The Morgan fingerprint density at radius 2 is 2.14 bits per heavy atom. The van der Waals surface area contributed by atoms with Crippen LogP contribution in [0.5, 0.6) is 0 Å². The van der Waals surface area contributed by atoms with Crippen molar-refractivity contribution in [3.63, 3.8) is 0 Å². The van der Waals surface area contributed by atoms with Crippen molar-refractivity contribution >= 4 is 17.0 Å². The molecule has 3 rings (SSSR count). The molecule has 1 aromatic carbocycles. The molecule has 1 aliphatic carbocycles. The molecule has 0 radical (unpaired) electrons. The van der Waals surface area contributed by atoms with Crippen LogP contribution in [0, 0.1) is 13.8 Å². The number of hydrogen-bond donors (Lipinski definition) is 1. The van der Waals surface area contributed by atoms with Crippen LogP contribution in [0.25, 0.3) is 17.0 Å². The Balaban J connectivity index is 2.28. The summed E-state index contributed by atoms with van der Waals surface area (Å²) in [5.41, 5.74) is 3.74. The van der Waals surface area contributed by atoms with Crippen molar-refractivity contribution in [2.24, 2.45) is 0 Å². The van der Waals surface area contributed by atoms with Crippen molar-refractivity contribution in [2.75, 3.05) is 0 Å². The molecule has 1 aliphatic rings. The van der Waals surface area contributed by atoms with Gasteiger partial charge in [-0.1, -0.05) is 12.7 Å². The van der Waals surface area contributed by atoms with Gasteiger partial charge in [-0.05, 0) is 55.9 Å². The average Bonchev–Trinajstić information content (AvgIpc) is 2.89. The van der Waals surface area contributed by atoms with Crippen LogP contribution in [0.15, 0.2) is 23.8 Å². The molecule has 0 unspecified atom stereocenters. The molecule has 0 saturated heterocycles. The molecule has 0 aliphatic heterocycles. The minimum atomic E-state index is -0.452. The number of aliphatic hydroxyl groups is 1. The molecule has 1 heterocycles. The fourth-order valence-corrected chi connectivity index (χ4v) is 3.26. The minimum absolute atomic E-state index is 0.0721. The largest absolute Gasteiger partial charge is 0.391 e. The van der Waals surface area contributed by atoms with Gasteiger partial charge >= 0.3 is 0 Å². The molecule has 1 saturated carbocycles. The third-order valence-corrected chi connectivity index (χ3v) is 4.70. The Hall–Kier alpha value is -1.94. The van der Waals surface area contributed by atoms with E-state index in [4.69, 9.17) is 0 Å². The van der Waals surface area contributed by atoms with E-state index >= 15 is 0 Å². The first-order valence-electron chi connectivity index (χ1n) is 7.36. The summed E-state index contributed by atoms with van der Waals surface area (Å²) in [7, 11) is 0. The maximum atomic E-state index is 12.8. The minimum Gasteiger partial charge on any atom is -0.391 e. The lowest BCUT2D eigenvalue weighted by atomic mass is 9.99. The summed E-state index contributed by atoms with van der Waals surface area (Å²) in [6.45, 7) is 7.80. The van der Waals surface area contributed by atoms with Crippen molar-refractivity contribution in [1.82, 2.24) is 9.55 Å². The lowest BCUT2D eigenvalue weighted by Crippen LogP contribution is -2.29. The van der Waals surface area contributed by atoms with Gasteiger partial charge in [0.1, 0.15) is 0 Å². The third-order valence-electron chi connectivity index (χ3n) is 4.70. The normalized spacial score (nSPS) is 21.9. The molecule has 4 heteroatoms. The Morgan fingerprint density at radius 1 is 1.38 bits per heavy atom. The molecule has 0 bridgehead atoms. The van der Waals surface area contributed by atoms with Crippen LogP contribution in [0.4, 0.5) is 0 Å². The van der Waals surface area contributed by atoms with Crippen molar-refractivity contribution in [2.45, 2.75) is 45.3 Å². The molecule has 1 N–H and O–H groups in total. The second kappa shape index (κ2) is 5.11. The Kier molecular flexibility index (Phi) is 3.41. The van der Waals surface area contributed by atoms with E-state index in [-0.39, 0.29) is 11.6 Å². The maximum absolute atomic E-state index is 12.8. The molecular formula is C17H20N2O2. The number of aliphatic hydroxyl groups excluding tert-OH is 1. The highest BCUT2D eigenvalue weighted by atomic mass is 16.3. The molecule has 1 fully saturated rings. The SMILES string of the molecule is C=Cc1cc2c(=O)n([C@@H]3CCC[C@H]3O)cnc2c(C)c1C. The monoisotopic (exact) mass is 284 g/mol. The molecule has 2 atom stereocenters. The van der Waals surface area contributed by atoms with Gasteiger partial charge in [0.25, 0.3) is 5.56 Å². The van der Waals surface area contributed by atoms with Crippen molar-refractivity contribution in [3.8, 4) is 0 Å². The summed E-state index contributed by atoms with van der Waals surface area (Å²) < 4.78 is 1.60. The van der Waals surface area contributed by atoms with Gasteiger partial charge in [-0.3, -0.25) is 9.36 Å². The van der Waals surface area contributed by atoms with E-state index in [1.807, 2.05) is 19.9 Å². The number of nitrogens with zero attached hydrogens (tertiary/aromatic N) is 2. The van der Waals surface area contributed by atoms with Crippen molar-refractivity contribution in [3.05, 3.63) is 46.0 Å². The first kappa shape index (κ1) is 14.0. The zero-order valence-corrected chi connectivity index (χ0v) is 12.5. The molecular weight excluding hydrogens is 264 g/mol. The van der Waals surface area contributed by atoms with Gasteiger partial charge in [0, 0.05) is 0 Å².